The Morgan fingerprint density at radius 3 is 2.11 bits per heavy atom. The average molecular weight is 263 g/mol. The molecule has 2 nitrogen and oxygen atoms in total. The molecular formula is C17H29NO. The van der Waals surface area contributed by atoms with E-state index in [1.807, 2.05) is 0 Å². The first-order valence-corrected chi connectivity index (χ1v) is 7.54. The summed E-state index contributed by atoms with van der Waals surface area (Å²) in [6.07, 6.45) is 1.05. The van der Waals surface area contributed by atoms with E-state index in [4.69, 9.17) is 4.74 Å². The lowest BCUT2D eigenvalue weighted by Gasteiger charge is -2.20. The molecule has 0 heterocycles. The predicted octanol–water partition coefficient (Wildman–Crippen LogP) is 4.31. The van der Waals surface area contributed by atoms with Crippen LogP contribution in [0.15, 0.2) is 18.2 Å². The van der Waals surface area contributed by atoms with Crippen molar-refractivity contribution >= 4 is 0 Å². The van der Waals surface area contributed by atoms with Gasteiger partial charge in [-0.15, -0.1) is 0 Å². The molecule has 2 heteroatoms. The van der Waals surface area contributed by atoms with Crippen molar-refractivity contribution in [2.75, 3.05) is 19.7 Å². The lowest BCUT2D eigenvalue weighted by molar-refractivity contribution is 0.300. The van der Waals surface area contributed by atoms with Gasteiger partial charge in [-0.2, -0.15) is 0 Å². The predicted molar refractivity (Wildman–Crippen MR) is 83.3 cm³/mol. The largest absolute Gasteiger partial charge is 0.493 e. The van der Waals surface area contributed by atoms with E-state index in [1.54, 1.807) is 0 Å². The van der Waals surface area contributed by atoms with E-state index in [1.165, 1.54) is 11.1 Å². The van der Waals surface area contributed by atoms with Gasteiger partial charge in [0.2, 0.25) is 0 Å². The number of benzene rings is 1. The van der Waals surface area contributed by atoms with E-state index in [-0.39, 0.29) is 0 Å². The Balaban J connectivity index is 2.77. The molecule has 0 saturated carbocycles. The smallest absolute Gasteiger partial charge is 0.126 e. The fourth-order valence-electron chi connectivity index (χ4n) is 2.20. The molecule has 0 bridgehead atoms. The maximum absolute atomic E-state index is 6.10. The van der Waals surface area contributed by atoms with E-state index in [2.05, 4.69) is 58.1 Å². The third-order valence-electron chi connectivity index (χ3n) is 3.31. The highest BCUT2D eigenvalue weighted by Crippen LogP contribution is 2.34. The van der Waals surface area contributed by atoms with Crippen LogP contribution in [0.5, 0.6) is 5.75 Å². The molecule has 108 valence electrons. The zero-order valence-electron chi connectivity index (χ0n) is 13.1. The Labute approximate surface area is 118 Å². The Bertz CT molecular complexity index is 345. The summed E-state index contributed by atoms with van der Waals surface area (Å²) < 4.78 is 6.10. The number of hydrogen-bond donors (Lipinski definition) is 1. The van der Waals surface area contributed by atoms with Crippen LogP contribution < -0.4 is 10.1 Å². The normalized spacial score (nSPS) is 11.3. The highest BCUT2D eigenvalue weighted by Gasteiger charge is 2.14. The van der Waals surface area contributed by atoms with E-state index in [9.17, 15) is 0 Å². The van der Waals surface area contributed by atoms with Crippen molar-refractivity contribution in [3.63, 3.8) is 0 Å². The third-order valence-corrected chi connectivity index (χ3v) is 3.31. The molecule has 19 heavy (non-hydrogen) atoms. The van der Waals surface area contributed by atoms with Crippen LogP contribution in [0.1, 0.15) is 64.0 Å². The highest BCUT2D eigenvalue weighted by molar-refractivity contribution is 5.44. The summed E-state index contributed by atoms with van der Waals surface area (Å²) in [5, 5.41) is 3.33. The van der Waals surface area contributed by atoms with Crippen molar-refractivity contribution in [2.45, 2.75) is 52.9 Å². The van der Waals surface area contributed by atoms with Crippen molar-refractivity contribution in [2.24, 2.45) is 0 Å². The molecular weight excluding hydrogens is 234 g/mol. The molecule has 0 aliphatic heterocycles. The van der Waals surface area contributed by atoms with Crippen molar-refractivity contribution in [3.8, 4) is 5.75 Å². The summed E-state index contributed by atoms with van der Waals surface area (Å²) in [5.41, 5.74) is 2.66. The minimum absolute atomic E-state index is 0.502. The van der Waals surface area contributed by atoms with E-state index in [0.717, 1.165) is 31.9 Å². The second kappa shape index (κ2) is 8.21. The fraction of sp³-hybridized carbons (Fsp3) is 0.647. The zero-order valence-corrected chi connectivity index (χ0v) is 13.1. The van der Waals surface area contributed by atoms with Gasteiger partial charge < -0.3 is 10.1 Å². The summed E-state index contributed by atoms with van der Waals surface area (Å²) in [4.78, 5) is 0. The van der Waals surface area contributed by atoms with Gasteiger partial charge in [-0.05, 0) is 42.5 Å². The second-order valence-electron chi connectivity index (χ2n) is 5.63. The number of para-hydroxylation sites is 1. The van der Waals surface area contributed by atoms with Gasteiger partial charge in [0.15, 0.2) is 0 Å². The van der Waals surface area contributed by atoms with Gasteiger partial charge in [-0.1, -0.05) is 52.8 Å². The monoisotopic (exact) mass is 263 g/mol. The fourth-order valence-corrected chi connectivity index (χ4v) is 2.20. The molecule has 0 amide bonds. The van der Waals surface area contributed by atoms with E-state index < -0.39 is 0 Å². The van der Waals surface area contributed by atoms with Gasteiger partial charge in [0.05, 0.1) is 6.61 Å². The molecule has 1 aromatic carbocycles. The first-order valence-electron chi connectivity index (χ1n) is 7.54. The number of ether oxygens (including phenoxy) is 1. The molecule has 0 radical (unpaired) electrons. The van der Waals surface area contributed by atoms with Gasteiger partial charge >= 0.3 is 0 Å². The first-order chi connectivity index (χ1) is 9.07. The summed E-state index contributed by atoms with van der Waals surface area (Å²) in [6.45, 7) is 13.9. The van der Waals surface area contributed by atoms with Crippen molar-refractivity contribution < 1.29 is 4.74 Å². The Morgan fingerprint density at radius 2 is 1.63 bits per heavy atom. The maximum atomic E-state index is 6.10. The Hall–Kier alpha value is -1.02. The van der Waals surface area contributed by atoms with Crippen LogP contribution >= 0.6 is 0 Å². The van der Waals surface area contributed by atoms with Crippen LogP contribution in [-0.2, 0) is 0 Å². The molecule has 1 aromatic rings. The number of hydrogen-bond acceptors (Lipinski definition) is 2. The quantitative estimate of drug-likeness (QED) is 0.706. The summed E-state index contributed by atoms with van der Waals surface area (Å²) >= 11 is 0. The zero-order chi connectivity index (χ0) is 14.3. The average Bonchev–Trinajstić information content (AvgIpc) is 2.38. The van der Waals surface area contributed by atoms with Crippen molar-refractivity contribution in [1.29, 1.82) is 0 Å². The highest BCUT2D eigenvalue weighted by atomic mass is 16.5. The molecule has 0 fully saturated rings. The molecule has 0 atom stereocenters. The van der Waals surface area contributed by atoms with Crippen LogP contribution in [-0.4, -0.2) is 19.7 Å². The van der Waals surface area contributed by atoms with Crippen molar-refractivity contribution in [1.82, 2.24) is 5.32 Å². The molecule has 1 N–H and O–H groups in total. The van der Waals surface area contributed by atoms with Crippen LogP contribution in [0.25, 0.3) is 0 Å². The lowest BCUT2D eigenvalue weighted by Crippen LogP contribution is -2.17. The Kier molecular flexibility index (Phi) is 6.93. The summed E-state index contributed by atoms with van der Waals surface area (Å²) in [6, 6.07) is 6.53. The number of nitrogens with one attached hydrogen (secondary N) is 1. The lowest BCUT2D eigenvalue weighted by atomic mass is 9.94. The van der Waals surface area contributed by atoms with Gasteiger partial charge in [-0.3, -0.25) is 0 Å². The summed E-state index contributed by atoms with van der Waals surface area (Å²) in [5.74, 6) is 2.12. The van der Waals surface area contributed by atoms with Gasteiger partial charge in [0, 0.05) is 0 Å². The van der Waals surface area contributed by atoms with Gasteiger partial charge in [-0.25, -0.2) is 0 Å². The maximum Gasteiger partial charge on any atom is 0.126 e. The van der Waals surface area contributed by atoms with E-state index >= 15 is 0 Å². The molecule has 0 unspecified atom stereocenters. The third kappa shape index (κ3) is 4.87. The van der Waals surface area contributed by atoms with Crippen LogP contribution in [0.3, 0.4) is 0 Å². The first kappa shape index (κ1) is 16.0. The minimum Gasteiger partial charge on any atom is -0.493 e. The van der Waals surface area contributed by atoms with Crippen LogP contribution in [0.2, 0.25) is 0 Å². The molecule has 0 aromatic heterocycles. The molecule has 0 aliphatic carbocycles. The van der Waals surface area contributed by atoms with Gasteiger partial charge in [0.1, 0.15) is 5.75 Å². The standard InChI is InChI=1S/C17H29NO/c1-6-18-11-8-12-19-17-15(13(2)3)9-7-10-16(17)14(4)5/h7,9-10,13-14,18H,6,8,11-12H2,1-5H3. The molecule has 1 rings (SSSR count). The molecule has 0 aliphatic rings. The van der Waals surface area contributed by atoms with Crippen LogP contribution in [0, 0.1) is 0 Å². The molecule has 0 saturated heterocycles. The second-order valence-corrected chi connectivity index (χ2v) is 5.63. The summed E-state index contributed by atoms with van der Waals surface area (Å²) in [7, 11) is 0. The van der Waals surface area contributed by atoms with Crippen molar-refractivity contribution in [3.05, 3.63) is 29.3 Å². The molecule has 0 spiro atoms. The van der Waals surface area contributed by atoms with Crippen LogP contribution in [0.4, 0.5) is 0 Å². The Morgan fingerprint density at radius 1 is 1.05 bits per heavy atom. The topological polar surface area (TPSA) is 21.3 Å². The minimum atomic E-state index is 0.502. The number of rotatable bonds is 8. The SMILES string of the molecule is CCNCCCOc1c(C(C)C)cccc1C(C)C. The van der Waals surface area contributed by atoms with E-state index in [0.29, 0.717) is 11.8 Å². The van der Waals surface area contributed by atoms with Gasteiger partial charge in [0.25, 0.3) is 0 Å².